The molecule has 0 spiro atoms. The summed E-state index contributed by atoms with van der Waals surface area (Å²) in [6.45, 7) is 2.13. The van der Waals surface area contributed by atoms with E-state index in [-0.39, 0.29) is 11.9 Å². The maximum Gasteiger partial charge on any atom is 0.237 e. The lowest BCUT2D eigenvalue weighted by atomic mass is 9.97. The van der Waals surface area contributed by atoms with Gasteiger partial charge in [0.2, 0.25) is 5.91 Å². The van der Waals surface area contributed by atoms with Crippen molar-refractivity contribution in [2.75, 3.05) is 10.7 Å². The molecule has 8 heteroatoms. The number of fused-ring (bicyclic) bond motifs is 6. The van der Waals surface area contributed by atoms with E-state index in [1.807, 2.05) is 28.4 Å². The second kappa shape index (κ2) is 7.53. The smallest absolute Gasteiger partial charge is 0.237 e. The molecule has 33 heavy (non-hydrogen) atoms. The van der Waals surface area contributed by atoms with Crippen molar-refractivity contribution >= 4 is 50.6 Å². The van der Waals surface area contributed by atoms with Crippen molar-refractivity contribution in [1.29, 1.82) is 0 Å². The number of hydrogen-bond acceptors (Lipinski definition) is 6. The largest absolute Gasteiger partial charge is 0.308 e. The van der Waals surface area contributed by atoms with Gasteiger partial charge in [-0.2, -0.15) is 0 Å². The number of carbonyl (C=O) groups excluding carboxylic acids is 1. The highest BCUT2D eigenvalue weighted by atomic mass is 32.2. The minimum atomic E-state index is 0.129. The van der Waals surface area contributed by atoms with E-state index in [1.165, 1.54) is 58.8 Å². The Morgan fingerprint density at radius 3 is 2.91 bits per heavy atom. The van der Waals surface area contributed by atoms with Crippen LogP contribution in [0, 0.1) is 0 Å². The molecular weight excluding hydrogens is 450 g/mol. The summed E-state index contributed by atoms with van der Waals surface area (Å²) in [7, 11) is 0. The van der Waals surface area contributed by atoms with Crippen molar-refractivity contribution in [2.24, 2.45) is 0 Å². The molecule has 4 aromatic rings. The van der Waals surface area contributed by atoms with Gasteiger partial charge in [0.1, 0.15) is 10.7 Å². The summed E-state index contributed by atoms with van der Waals surface area (Å²) in [6, 6.07) is 8.42. The summed E-state index contributed by atoms with van der Waals surface area (Å²) in [5.41, 5.74) is 4.68. The highest BCUT2D eigenvalue weighted by Gasteiger charge is 2.33. The SMILES string of the molecule is CC1Cc2ccccc2N1C(=O)CSc1nnc2c3c4c(sc3nc(C3CC3)n12)CCCC4. The van der Waals surface area contributed by atoms with Gasteiger partial charge in [0, 0.05) is 22.5 Å². The molecule has 4 heterocycles. The van der Waals surface area contributed by atoms with Gasteiger partial charge in [0.25, 0.3) is 0 Å². The highest BCUT2D eigenvalue weighted by molar-refractivity contribution is 7.99. The number of nitrogens with zero attached hydrogens (tertiary/aromatic N) is 5. The van der Waals surface area contributed by atoms with Gasteiger partial charge in [-0.15, -0.1) is 21.5 Å². The van der Waals surface area contributed by atoms with E-state index < -0.39 is 0 Å². The number of carbonyl (C=O) groups is 1. The predicted octanol–water partition coefficient (Wildman–Crippen LogP) is 5.17. The lowest BCUT2D eigenvalue weighted by Crippen LogP contribution is -2.37. The molecule has 0 radical (unpaired) electrons. The van der Waals surface area contributed by atoms with Crippen molar-refractivity contribution < 1.29 is 4.79 Å². The van der Waals surface area contributed by atoms with Gasteiger partial charge in [-0.1, -0.05) is 30.0 Å². The summed E-state index contributed by atoms with van der Waals surface area (Å²) in [5, 5.41) is 11.2. The molecule has 1 atom stereocenters. The minimum absolute atomic E-state index is 0.129. The number of amides is 1. The normalized spacial score (nSPS) is 19.9. The summed E-state index contributed by atoms with van der Waals surface area (Å²) < 4.78 is 2.17. The Hall–Kier alpha value is -2.45. The third kappa shape index (κ3) is 3.14. The first kappa shape index (κ1) is 20.0. The molecule has 0 bridgehead atoms. The van der Waals surface area contributed by atoms with Crippen LogP contribution in [-0.4, -0.2) is 37.3 Å². The molecule has 7 rings (SSSR count). The monoisotopic (exact) mass is 475 g/mol. The van der Waals surface area contributed by atoms with Crippen molar-refractivity contribution in [3.63, 3.8) is 0 Å². The first-order valence-corrected chi connectivity index (χ1v) is 13.7. The number of thioether (sulfide) groups is 1. The first-order valence-electron chi connectivity index (χ1n) is 11.9. The Bertz CT molecular complexity index is 1420. The standard InChI is InChI=1S/C25H25N5OS2/c1-14-12-16-6-2-4-8-18(16)29(14)20(31)13-32-25-28-27-23-21-17-7-3-5-9-19(17)33-24(21)26-22(30(23)25)15-10-11-15/h2,4,6,8,14-15H,3,5,7,9-13H2,1H3. The molecule has 1 saturated carbocycles. The van der Waals surface area contributed by atoms with Gasteiger partial charge < -0.3 is 4.90 Å². The lowest BCUT2D eigenvalue weighted by molar-refractivity contribution is -0.116. The van der Waals surface area contributed by atoms with Gasteiger partial charge in [-0.3, -0.25) is 9.20 Å². The molecule has 0 N–H and O–H groups in total. The Balaban J connectivity index is 1.25. The zero-order valence-electron chi connectivity index (χ0n) is 18.6. The van der Waals surface area contributed by atoms with Crippen LogP contribution in [0.25, 0.3) is 15.9 Å². The number of para-hydroxylation sites is 1. The average molecular weight is 476 g/mol. The third-order valence-corrected chi connectivity index (χ3v) is 9.30. The molecule has 1 aliphatic heterocycles. The lowest BCUT2D eigenvalue weighted by Gasteiger charge is -2.22. The highest BCUT2D eigenvalue weighted by Crippen LogP contribution is 2.44. The Labute approximate surface area is 200 Å². The molecule has 6 nitrogen and oxygen atoms in total. The van der Waals surface area contributed by atoms with Crippen LogP contribution in [0.4, 0.5) is 5.69 Å². The average Bonchev–Trinajstić information content (AvgIpc) is 3.34. The second-order valence-electron chi connectivity index (χ2n) is 9.51. The van der Waals surface area contributed by atoms with Crippen LogP contribution in [0.2, 0.25) is 0 Å². The predicted molar refractivity (Wildman–Crippen MR) is 133 cm³/mol. The van der Waals surface area contributed by atoms with E-state index in [0.717, 1.165) is 46.4 Å². The van der Waals surface area contributed by atoms with E-state index in [0.29, 0.717) is 11.7 Å². The van der Waals surface area contributed by atoms with Crippen LogP contribution >= 0.6 is 23.1 Å². The molecule has 2 aliphatic carbocycles. The molecule has 1 aromatic carbocycles. The third-order valence-electron chi connectivity index (χ3n) is 7.20. The number of aromatic nitrogens is 4. The van der Waals surface area contributed by atoms with Crippen molar-refractivity contribution in [1.82, 2.24) is 19.6 Å². The summed E-state index contributed by atoms with van der Waals surface area (Å²) >= 11 is 3.35. The van der Waals surface area contributed by atoms with Crippen LogP contribution < -0.4 is 4.90 Å². The molecule has 3 aliphatic rings. The molecule has 1 amide bonds. The molecule has 168 valence electrons. The molecule has 3 aromatic heterocycles. The van der Waals surface area contributed by atoms with Crippen LogP contribution in [0.3, 0.4) is 0 Å². The summed E-state index contributed by atoms with van der Waals surface area (Å²) in [5.74, 6) is 2.04. The van der Waals surface area contributed by atoms with E-state index in [4.69, 9.17) is 4.98 Å². The fourth-order valence-corrected chi connectivity index (χ4v) is 7.57. The first-order chi connectivity index (χ1) is 16.2. The zero-order valence-corrected chi connectivity index (χ0v) is 20.2. The topological polar surface area (TPSA) is 63.4 Å². The van der Waals surface area contributed by atoms with Crippen molar-refractivity contribution in [2.45, 2.75) is 69.0 Å². The van der Waals surface area contributed by atoms with Crippen LogP contribution in [0.15, 0.2) is 29.4 Å². The van der Waals surface area contributed by atoms with Crippen molar-refractivity contribution in [3.8, 4) is 0 Å². The molecule has 1 unspecified atom stereocenters. The minimum Gasteiger partial charge on any atom is -0.308 e. The van der Waals surface area contributed by atoms with E-state index in [1.54, 1.807) is 0 Å². The fourth-order valence-electron chi connectivity index (χ4n) is 5.50. The van der Waals surface area contributed by atoms with Gasteiger partial charge in [0.15, 0.2) is 10.8 Å². The Kier molecular flexibility index (Phi) is 4.56. The zero-order chi connectivity index (χ0) is 22.1. The Morgan fingerprint density at radius 1 is 1.18 bits per heavy atom. The quantitative estimate of drug-likeness (QED) is 0.381. The number of anilines is 1. The fraction of sp³-hybridized carbons (Fsp3) is 0.440. The van der Waals surface area contributed by atoms with Gasteiger partial charge >= 0.3 is 0 Å². The number of aryl methyl sites for hydroxylation is 2. The summed E-state index contributed by atoms with van der Waals surface area (Å²) in [6.07, 6.45) is 8.01. The van der Waals surface area contributed by atoms with Gasteiger partial charge in [0.05, 0.1) is 11.1 Å². The van der Waals surface area contributed by atoms with Crippen LogP contribution in [0.5, 0.6) is 0 Å². The molecule has 0 saturated heterocycles. The van der Waals surface area contributed by atoms with E-state index in [9.17, 15) is 4.79 Å². The summed E-state index contributed by atoms with van der Waals surface area (Å²) in [4.78, 5) is 23.0. The molecular formula is C25H25N5OS2. The number of thiophene rings is 1. The maximum atomic E-state index is 13.3. The number of rotatable bonds is 4. The van der Waals surface area contributed by atoms with E-state index in [2.05, 4.69) is 33.7 Å². The maximum absolute atomic E-state index is 13.3. The number of hydrogen-bond donors (Lipinski definition) is 0. The van der Waals surface area contributed by atoms with E-state index >= 15 is 0 Å². The second-order valence-corrected chi connectivity index (χ2v) is 11.5. The van der Waals surface area contributed by atoms with Crippen LogP contribution in [0.1, 0.15) is 60.4 Å². The molecule has 1 fully saturated rings. The van der Waals surface area contributed by atoms with Gasteiger partial charge in [-0.05, 0) is 69.1 Å². The Morgan fingerprint density at radius 2 is 2.03 bits per heavy atom. The number of benzene rings is 1. The van der Waals surface area contributed by atoms with Crippen molar-refractivity contribution in [3.05, 3.63) is 46.1 Å². The van der Waals surface area contributed by atoms with Gasteiger partial charge in [-0.25, -0.2) is 4.98 Å². The van der Waals surface area contributed by atoms with Crippen LogP contribution in [-0.2, 0) is 24.1 Å².